The molecule has 3 atom stereocenters. The molecule has 3 heteroatoms. The average molecular weight is 847 g/mol. The molecule has 0 aliphatic carbocycles. The van der Waals surface area contributed by atoms with Crippen LogP contribution in [0, 0.1) is 71.0 Å². The molecule has 0 heterocycles. The molecule has 0 spiro atoms. The van der Waals surface area contributed by atoms with Crippen LogP contribution in [0.3, 0.4) is 0 Å². The summed E-state index contributed by atoms with van der Waals surface area (Å²) in [6.07, 6.45) is 14.8. The van der Waals surface area contributed by atoms with E-state index < -0.39 is 0 Å². The van der Waals surface area contributed by atoms with Gasteiger partial charge in [0.25, 0.3) is 0 Å². The van der Waals surface area contributed by atoms with Crippen molar-refractivity contribution in [2.45, 2.75) is 139 Å². The maximum absolute atomic E-state index is 6.09. The third-order valence-corrected chi connectivity index (χ3v) is 11.6. The molecule has 63 heavy (non-hydrogen) atoms. The normalized spacial score (nSPS) is 12.4. The van der Waals surface area contributed by atoms with Crippen LogP contribution in [-0.4, -0.2) is 19.8 Å². The van der Waals surface area contributed by atoms with E-state index in [4.69, 9.17) is 14.2 Å². The highest BCUT2D eigenvalue weighted by Gasteiger charge is 2.07. The van der Waals surface area contributed by atoms with Gasteiger partial charge in [0.15, 0.2) is 0 Å². The molecule has 0 N–H and O–H groups in total. The van der Waals surface area contributed by atoms with Gasteiger partial charge in [-0.1, -0.05) is 156 Å². The molecule has 0 fully saturated rings. The fourth-order valence-corrected chi connectivity index (χ4v) is 7.37. The zero-order valence-corrected chi connectivity index (χ0v) is 40.5. The van der Waals surface area contributed by atoms with Crippen LogP contribution >= 0.6 is 0 Å². The van der Waals surface area contributed by atoms with Crippen molar-refractivity contribution < 1.29 is 14.2 Å². The molecule has 336 valence electrons. The summed E-state index contributed by atoms with van der Waals surface area (Å²) in [5.74, 6) is 27.2. The summed E-state index contributed by atoms with van der Waals surface area (Å²) in [5, 5.41) is 0. The van der Waals surface area contributed by atoms with Gasteiger partial charge in [-0.25, -0.2) is 0 Å². The molecule has 4 aromatic carbocycles. The molecular weight excluding hydrogens is 769 g/mol. The molecular formula is C60H78O3. The first-order chi connectivity index (χ1) is 30.4. The molecule has 0 radical (unpaired) electrons. The van der Waals surface area contributed by atoms with E-state index in [1.165, 1.54) is 57.8 Å². The van der Waals surface area contributed by atoms with Gasteiger partial charge in [-0.3, -0.25) is 0 Å². The lowest BCUT2D eigenvalue weighted by Gasteiger charge is -2.13. The highest BCUT2D eigenvalue weighted by molar-refractivity contribution is 5.55. The van der Waals surface area contributed by atoms with Crippen LogP contribution in [-0.2, 0) is 0 Å². The topological polar surface area (TPSA) is 27.7 Å². The van der Waals surface area contributed by atoms with Gasteiger partial charge in [-0.05, 0) is 146 Å². The predicted octanol–water partition coefficient (Wildman–Crippen LogP) is 15.6. The van der Waals surface area contributed by atoms with Gasteiger partial charge in [-0.2, -0.15) is 0 Å². The van der Waals surface area contributed by atoms with Crippen LogP contribution in [0.15, 0.2) is 91.0 Å². The fourth-order valence-electron chi connectivity index (χ4n) is 7.37. The molecule has 3 nitrogen and oxygen atoms in total. The number of hydrogen-bond donors (Lipinski definition) is 0. The number of hydrogen-bond acceptors (Lipinski definition) is 3. The molecule has 0 aliphatic rings. The zero-order chi connectivity index (χ0) is 45.2. The molecule has 0 unspecified atom stereocenters. The Balaban J connectivity index is 1.42. The van der Waals surface area contributed by atoms with Crippen LogP contribution in [0.1, 0.15) is 173 Å². The van der Waals surface area contributed by atoms with Gasteiger partial charge in [0.2, 0.25) is 0 Å². The van der Waals surface area contributed by atoms with E-state index >= 15 is 0 Å². The Morgan fingerprint density at radius 3 is 0.778 bits per heavy atom. The first-order valence-corrected chi connectivity index (χ1v) is 24.3. The summed E-state index contributed by atoms with van der Waals surface area (Å²) in [7, 11) is 0. The lowest BCUT2D eigenvalue weighted by molar-refractivity contribution is 0.275. The van der Waals surface area contributed by atoms with Crippen LogP contribution in [0.5, 0.6) is 17.2 Å². The molecule has 4 rings (SSSR count). The molecule has 0 bridgehead atoms. The van der Waals surface area contributed by atoms with Gasteiger partial charge < -0.3 is 14.2 Å². The predicted molar refractivity (Wildman–Crippen MR) is 268 cm³/mol. The lowest BCUT2D eigenvalue weighted by atomic mass is 9.98. The maximum atomic E-state index is 6.09. The van der Waals surface area contributed by atoms with E-state index in [-0.39, 0.29) is 0 Å². The number of ether oxygens (including phenoxy) is 3. The number of benzene rings is 4. The second-order valence-corrected chi connectivity index (χ2v) is 19.3. The summed E-state index contributed by atoms with van der Waals surface area (Å²) in [5.41, 5.74) is 5.38. The van der Waals surface area contributed by atoms with Crippen LogP contribution in [0.25, 0.3) is 0 Å². The monoisotopic (exact) mass is 847 g/mol. The minimum atomic E-state index is 0.671. The number of rotatable bonds is 24. The van der Waals surface area contributed by atoms with Crippen LogP contribution in [0.2, 0.25) is 0 Å². The van der Waals surface area contributed by atoms with Crippen molar-refractivity contribution in [3.05, 3.63) is 124 Å². The Bertz CT molecular complexity index is 1820. The smallest absolute Gasteiger partial charge is 0.119 e. The van der Waals surface area contributed by atoms with Crippen molar-refractivity contribution in [3.63, 3.8) is 0 Å². The molecule has 0 amide bonds. The Hall–Kier alpha value is -5.04. The molecule has 0 aromatic heterocycles. The van der Waals surface area contributed by atoms with E-state index in [1.807, 2.05) is 91.0 Å². The van der Waals surface area contributed by atoms with E-state index in [2.05, 4.69) is 97.8 Å². The van der Waals surface area contributed by atoms with Crippen molar-refractivity contribution in [2.75, 3.05) is 19.8 Å². The van der Waals surface area contributed by atoms with E-state index in [0.29, 0.717) is 17.8 Å². The van der Waals surface area contributed by atoms with Crippen LogP contribution in [0.4, 0.5) is 0 Å². The Morgan fingerprint density at radius 2 is 0.540 bits per heavy atom. The Morgan fingerprint density at radius 1 is 0.302 bits per heavy atom. The third kappa shape index (κ3) is 22.2. The minimum absolute atomic E-state index is 0.671. The highest BCUT2D eigenvalue weighted by atomic mass is 16.5. The summed E-state index contributed by atoms with van der Waals surface area (Å²) in [6.45, 7) is 23.0. The first kappa shape index (κ1) is 50.6. The van der Waals surface area contributed by atoms with Gasteiger partial charge in [0.1, 0.15) is 17.2 Å². The minimum Gasteiger partial charge on any atom is -0.494 e. The van der Waals surface area contributed by atoms with Crippen molar-refractivity contribution in [3.8, 4) is 52.8 Å². The van der Waals surface area contributed by atoms with Crippen molar-refractivity contribution in [2.24, 2.45) is 35.5 Å². The maximum Gasteiger partial charge on any atom is 0.119 e. The molecule has 0 saturated carbocycles. The summed E-state index contributed by atoms with van der Waals surface area (Å²) >= 11 is 0. The molecule has 4 aromatic rings. The average Bonchev–Trinajstić information content (AvgIpc) is 3.25. The molecule has 0 aliphatic heterocycles. The second-order valence-electron chi connectivity index (χ2n) is 19.3. The van der Waals surface area contributed by atoms with Gasteiger partial charge >= 0.3 is 0 Å². The first-order valence-electron chi connectivity index (χ1n) is 24.3. The SMILES string of the molecule is CC(C)CCC[C@@H](C)CCOc1ccc(C#Cc2cc(C#Cc3ccc(OCC[C@H](C)CCCC(C)C)cc3)cc(C#Cc3ccc(OCC[C@H](C)CCCC(C)C)cc3)c2)cc1. The molecule has 0 saturated heterocycles. The zero-order valence-electron chi connectivity index (χ0n) is 40.5. The van der Waals surface area contributed by atoms with Crippen molar-refractivity contribution >= 4 is 0 Å². The summed E-state index contributed by atoms with van der Waals surface area (Å²) in [6, 6.07) is 30.4. The summed E-state index contributed by atoms with van der Waals surface area (Å²) in [4.78, 5) is 0. The van der Waals surface area contributed by atoms with E-state index in [1.54, 1.807) is 0 Å². The second kappa shape index (κ2) is 28.6. The van der Waals surface area contributed by atoms with Crippen molar-refractivity contribution in [1.29, 1.82) is 0 Å². The van der Waals surface area contributed by atoms with E-state index in [0.717, 1.165) is 107 Å². The quantitative estimate of drug-likeness (QED) is 0.0658. The largest absolute Gasteiger partial charge is 0.494 e. The Kier molecular flexibility index (Phi) is 23.0. The van der Waals surface area contributed by atoms with Gasteiger partial charge in [-0.15, -0.1) is 0 Å². The summed E-state index contributed by atoms with van der Waals surface area (Å²) < 4.78 is 18.3. The standard InChI is InChI=1S/C60H78O3/c1-46(2)13-10-16-49(7)37-40-61-58-31-25-52(26-32-58)19-22-55-43-56(23-20-53-27-33-59(34-28-53)62-41-38-50(8)17-11-14-47(3)4)45-57(44-55)24-21-54-29-35-60(36-30-54)63-42-39-51(9)18-12-15-48(5)6/h25-36,43-51H,10-18,37-42H2,1-9H3/t49-,50-,51-/m1/s1. The lowest BCUT2D eigenvalue weighted by Crippen LogP contribution is -2.04. The van der Waals surface area contributed by atoms with E-state index in [9.17, 15) is 0 Å². The van der Waals surface area contributed by atoms with Gasteiger partial charge in [0.05, 0.1) is 19.8 Å². The third-order valence-electron chi connectivity index (χ3n) is 11.6. The van der Waals surface area contributed by atoms with Crippen LogP contribution < -0.4 is 14.2 Å². The van der Waals surface area contributed by atoms with Gasteiger partial charge in [0, 0.05) is 33.4 Å². The Labute approximate surface area is 384 Å². The highest BCUT2D eigenvalue weighted by Crippen LogP contribution is 2.21. The fraction of sp³-hybridized carbons (Fsp3) is 0.500. The van der Waals surface area contributed by atoms with Crippen molar-refractivity contribution in [1.82, 2.24) is 0 Å².